The number of nitrogens with two attached hydrogens (primary N) is 1. The molecule has 0 radical (unpaired) electrons. The van der Waals surface area contributed by atoms with Gasteiger partial charge < -0.3 is 15.8 Å². The molecule has 0 bridgehead atoms. The van der Waals surface area contributed by atoms with Gasteiger partial charge >= 0.3 is 5.97 Å². The van der Waals surface area contributed by atoms with E-state index in [9.17, 15) is 18.8 Å². The molecule has 39 heavy (non-hydrogen) atoms. The van der Waals surface area contributed by atoms with E-state index in [0.717, 1.165) is 31.2 Å². The lowest BCUT2D eigenvalue weighted by molar-refractivity contribution is -0.151. The van der Waals surface area contributed by atoms with E-state index in [1.807, 2.05) is 18.2 Å². The number of nitrogens with one attached hydrogen (secondary N) is 1. The number of halogens is 1. The van der Waals surface area contributed by atoms with E-state index in [2.05, 4.69) is 19.2 Å². The molecule has 3 aromatic rings. The molecule has 0 unspecified atom stereocenters. The minimum absolute atomic E-state index is 0.0127. The average Bonchev–Trinajstić information content (AvgIpc) is 3.41. The van der Waals surface area contributed by atoms with Gasteiger partial charge in [-0.1, -0.05) is 26.0 Å². The number of esters is 1. The van der Waals surface area contributed by atoms with Crippen LogP contribution in [0.5, 0.6) is 0 Å². The Morgan fingerprint density at radius 3 is 2.49 bits per heavy atom. The number of ether oxygens (including phenoxy) is 1. The summed E-state index contributed by atoms with van der Waals surface area (Å²) in [5, 5.41) is 3.36. The lowest BCUT2D eigenvalue weighted by Crippen LogP contribution is -2.41. The molecule has 0 spiro atoms. The number of hydrogen-bond donors (Lipinski definition) is 2. The number of aromatic nitrogens is 1. The van der Waals surface area contributed by atoms with Crippen LogP contribution < -0.4 is 16.6 Å². The Morgan fingerprint density at radius 1 is 1.08 bits per heavy atom. The standard InChI is InChI=1S/C31H36FN3O4/c1-20(2)18-27(31(38)39-25-8-3-4-9-25)34-17-16-21-6-5-7-24(19-21)35-28(36)15-14-26(30(35)33)29(37)22-10-12-23(32)13-11-22/h5-7,10-15,19-20,25,27,34H,3-4,8-9,16-18,33H2,1-2H3/t27-/m0/s1. The van der Waals surface area contributed by atoms with Gasteiger partial charge in [-0.25, -0.2) is 4.39 Å². The van der Waals surface area contributed by atoms with Crippen molar-refractivity contribution in [1.82, 2.24) is 9.88 Å². The summed E-state index contributed by atoms with van der Waals surface area (Å²) in [5.74, 6) is -0.689. The Hall–Kier alpha value is -3.78. The molecular weight excluding hydrogens is 497 g/mol. The Morgan fingerprint density at radius 2 is 1.79 bits per heavy atom. The van der Waals surface area contributed by atoms with Gasteiger partial charge in [-0.15, -0.1) is 0 Å². The molecule has 7 nitrogen and oxygen atoms in total. The van der Waals surface area contributed by atoms with Crippen LogP contribution in [0.1, 0.15) is 67.4 Å². The molecule has 1 aliphatic rings. The zero-order valence-corrected chi connectivity index (χ0v) is 22.5. The number of benzene rings is 2. The number of carbonyl (C=O) groups is 2. The number of pyridine rings is 1. The van der Waals surface area contributed by atoms with Crippen LogP contribution in [0.15, 0.2) is 65.5 Å². The van der Waals surface area contributed by atoms with Crippen LogP contribution in [0, 0.1) is 11.7 Å². The first kappa shape index (κ1) is 28.2. The fraction of sp³-hybridized carbons (Fsp3) is 0.387. The van der Waals surface area contributed by atoms with Crippen molar-refractivity contribution in [2.24, 2.45) is 5.92 Å². The molecule has 2 aromatic carbocycles. The first-order chi connectivity index (χ1) is 18.7. The van der Waals surface area contributed by atoms with Crippen molar-refractivity contribution in [3.63, 3.8) is 0 Å². The van der Waals surface area contributed by atoms with Crippen LogP contribution in [-0.4, -0.2) is 35.0 Å². The van der Waals surface area contributed by atoms with Gasteiger partial charge in [0.25, 0.3) is 5.56 Å². The predicted octanol–water partition coefficient (Wildman–Crippen LogP) is 4.82. The Labute approximate surface area is 228 Å². The van der Waals surface area contributed by atoms with Crippen LogP contribution in [0.4, 0.5) is 10.2 Å². The van der Waals surface area contributed by atoms with Gasteiger partial charge in [0, 0.05) is 11.6 Å². The van der Waals surface area contributed by atoms with Crippen molar-refractivity contribution in [3.8, 4) is 5.69 Å². The van der Waals surface area contributed by atoms with Crippen LogP contribution in [0.3, 0.4) is 0 Å². The number of carbonyl (C=O) groups excluding carboxylic acids is 2. The maximum atomic E-state index is 13.3. The van der Waals surface area contributed by atoms with E-state index in [4.69, 9.17) is 10.5 Å². The highest BCUT2D eigenvalue weighted by atomic mass is 19.1. The zero-order chi connectivity index (χ0) is 27.9. The second-order valence-electron chi connectivity index (χ2n) is 10.5. The van der Waals surface area contributed by atoms with Crippen LogP contribution in [-0.2, 0) is 16.0 Å². The summed E-state index contributed by atoms with van der Waals surface area (Å²) < 4.78 is 20.4. The fourth-order valence-corrected chi connectivity index (χ4v) is 5.00. The smallest absolute Gasteiger partial charge is 0.323 e. The monoisotopic (exact) mass is 533 g/mol. The van der Waals surface area contributed by atoms with Crippen molar-refractivity contribution < 1.29 is 18.7 Å². The van der Waals surface area contributed by atoms with Gasteiger partial charge in [0.1, 0.15) is 23.8 Å². The maximum absolute atomic E-state index is 13.3. The molecule has 1 atom stereocenters. The third-order valence-corrected chi connectivity index (χ3v) is 7.03. The molecule has 3 N–H and O–H groups in total. The van der Waals surface area contributed by atoms with Gasteiger partial charge in [-0.3, -0.25) is 19.0 Å². The first-order valence-electron chi connectivity index (χ1n) is 13.6. The van der Waals surface area contributed by atoms with E-state index in [0.29, 0.717) is 31.0 Å². The van der Waals surface area contributed by atoms with Gasteiger partial charge in [-0.2, -0.15) is 0 Å². The van der Waals surface area contributed by atoms with E-state index in [-0.39, 0.29) is 40.6 Å². The molecule has 4 rings (SSSR count). The average molecular weight is 534 g/mol. The molecule has 1 aliphatic carbocycles. The second-order valence-corrected chi connectivity index (χ2v) is 10.5. The van der Waals surface area contributed by atoms with Crippen molar-refractivity contribution in [2.45, 2.75) is 64.5 Å². The van der Waals surface area contributed by atoms with Crippen molar-refractivity contribution in [2.75, 3.05) is 12.3 Å². The molecule has 0 aliphatic heterocycles. The highest BCUT2D eigenvalue weighted by Gasteiger charge is 2.26. The van der Waals surface area contributed by atoms with E-state index in [1.54, 1.807) is 6.07 Å². The Kier molecular flexibility index (Phi) is 9.30. The quantitative estimate of drug-likeness (QED) is 0.271. The van der Waals surface area contributed by atoms with E-state index >= 15 is 0 Å². The van der Waals surface area contributed by atoms with Crippen LogP contribution in [0.25, 0.3) is 5.69 Å². The Bertz CT molecular complexity index is 1360. The SMILES string of the molecule is CC(C)C[C@H](NCCc1cccc(-n2c(N)c(C(=O)c3ccc(F)cc3)ccc2=O)c1)C(=O)OC1CCCC1. The highest BCUT2D eigenvalue weighted by Crippen LogP contribution is 2.23. The third-order valence-electron chi connectivity index (χ3n) is 7.03. The third kappa shape index (κ3) is 7.20. The summed E-state index contributed by atoms with van der Waals surface area (Å²) in [5.41, 5.74) is 7.86. The van der Waals surface area contributed by atoms with Gasteiger partial charge in [0.2, 0.25) is 0 Å². The zero-order valence-electron chi connectivity index (χ0n) is 22.5. The summed E-state index contributed by atoms with van der Waals surface area (Å²) >= 11 is 0. The first-order valence-corrected chi connectivity index (χ1v) is 13.6. The second kappa shape index (κ2) is 12.8. The van der Waals surface area contributed by atoms with Gasteiger partial charge in [-0.05, 0) is 99.0 Å². The van der Waals surface area contributed by atoms with E-state index < -0.39 is 11.6 Å². The summed E-state index contributed by atoms with van der Waals surface area (Å²) in [6, 6.07) is 14.9. The molecule has 8 heteroatoms. The highest BCUT2D eigenvalue weighted by molar-refractivity contribution is 6.11. The van der Waals surface area contributed by atoms with Crippen molar-refractivity contribution in [3.05, 3.63) is 93.5 Å². The Balaban J connectivity index is 1.48. The van der Waals surface area contributed by atoms with Gasteiger partial charge in [0.15, 0.2) is 5.78 Å². The fourth-order valence-electron chi connectivity index (χ4n) is 5.00. The molecular formula is C31H36FN3O4. The largest absolute Gasteiger partial charge is 0.461 e. The summed E-state index contributed by atoms with van der Waals surface area (Å²) in [7, 11) is 0. The van der Waals surface area contributed by atoms with Gasteiger partial charge in [0.05, 0.1) is 11.3 Å². The van der Waals surface area contributed by atoms with Crippen molar-refractivity contribution >= 4 is 17.6 Å². The summed E-state index contributed by atoms with van der Waals surface area (Å²) in [4.78, 5) is 38.6. The molecule has 1 heterocycles. The normalized spacial score (nSPS) is 14.5. The summed E-state index contributed by atoms with van der Waals surface area (Å²) in [6.07, 6.45) is 5.41. The maximum Gasteiger partial charge on any atom is 0.323 e. The number of ketones is 1. The molecule has 1 saturated carbocycles. The minimum Gasteiger partial charge on any atom is -0.461 e. The minimum atomic E-state index is -0.447. The van der Waals surface area contributed by atoms with Crippen LogP contribution in [0.2, 0.25) is 0 Å². The number of rotatable bonds is 11. The number of hydrogen-bond acceptors (Lipinski definition) is 6. The molecule has 1 fully saturated rings. The number of nitrogen functional groups attached to an aromatic ring is 1. The predicted molar refractivity (Wildman–Crippen MR) is 150 cm³/mol. The topological polar surface area (TPSA) is 103 Å². The lowest BCUT2D eigenvalue weighted by atomic mass is 10.0. The lowest BCUT2D eigenvalue weighted by Gasteiger charge is -2.22. The number of nitrogens with zero attached hydrogens (tertiary/aromatic N) is 1. The summed E-state index contributed by atoms with van der Waals surface area (Å²) in [6.45, 7) is 4.71. The molecule has 1 aromatic heterocycles. The molecule has 0 amide bonds. The van der Waals surface area contributed by atoms with Crippen LogP contribution >= 0.6 is 0 Å². The number of anilines is 1. The molecule has 206 valence electrons. The molecule has 0 saturated heterocycles. The van der Waals surface area contributed by atoms with Crippen molar-refractivity contribution in [1.29, 1.82) is 0 Å². The van der Waals surface area contributed by atoms with E-state index in [1.165, 1.54) is 41.0 Å².